The van der Waals surface area contributed by atoms with Gasteiger partial charge in [-0.05, 0) is 16.0 Å². The number of amides is 1. The fourth-order valence-electron chi connectivity index (χ4n) is 1.74. The van der Waals surface area contributed by atoms with Gasteiger partial charge in [-0.15, -0.1) is 5.10 Å². The predicted molar refractivity (Wildman–Crippen MR) is 66.8 cm³/mol. The first-order valence-electron chi connectivity index (χ1n) is 5.80. The molecule has 0 N–H and O–H groups in total. The second-order valence-electron chi connectivity index (χ2n) is 4.01. The summed E-state index contributed by atoms with van der Waals surface area (Å²) in [6.07, 6.45) is 1.92. The number of hydrogen-bond donors (Lipinski definition) is 0. The summed E-state index contributed by atoms with van der Waals surface area (Å²) in [4.78, 5) is 17.2. The van der Waals surface area contributed by atoms with Crippen LogP contribution in [-0.4, -0.2) is 45.3 Å². The van der Waals surface area contributed by atoms with Gasteiger partial charge in [0.25, 0.3) is 5.91 Å². The normalized spacial score (nSPS) is 12.1. The molecule has 0 aliphatic rings. The molecule has 100 valence electrons. The summed E-state index contributed by atoms with van der Waals surface area (Å²) in [6.45, 7) is 0. The molecule has 1 heterocycles. The highest BCUT2D eigenvalue weighted by Crippen LogP contribution is 2.15. The lowest BCUT2D eigenvalue weighted by atomic mass is 10.1. The zero-order chi connectivity index (χ0) is 13.7. The standard InChI is InChI=1S/C12H15N5O2/c1-16(19-2)12(18)11(17-9-13-14-15-17)8-10-6-4-3-5-7-10/h3-7,9,11H,8H2,1-2H3. The summed E-state index contributed by atoms with van der Waals surface area (Å²) < 4.78 is 1.44. The summed E-state index contributed by atoms with van der Waals surface area (Å²) in [5, 5.41) is 12.1. The third-order valence-electron chi connectivity index (χ3n) is 2.83. The van der Waals surface area contributed by atoms with Crippen molar-refractivity contribution in [1.29, 1.82) is 0 Å². The van der Waals surface area contributed by atoms with E-state index in [-0.39, 0.29) is 5.91 Å². The molecular weight excluding hydrogens is 246 g/mol. The van der Waals surface area contributed by atoms with Gasteiger partial charge in [0.15, 0.2) is 0 Å². The van der Waals surface area contributed by atoms with Crippen molar-refractivity contribution in [3.63, 3.8) is 0 Å². The zero-order valence-electron chi connectivity index (χ0n) is 10.8. The smallest absolute Gasteiger partial charge is 0.271 e. The Morgan fingerprint density at radius 2 is 2.16 bits per heavy atom. The summed E-state index contributed by atoms with van der Waals surface area (Å²) in [6, 6.07) is 9.17. The van der Waals surface area contributed by atoms with Crippen LogP contribution in [0.1, 0.15) is 11.6 Å². The second kappa shape index (κ2) is 6.05. The summed E-state index contributed by atoms with van der Waals surface area (Å²) in [7, 11) is 3.00. The molecule has 0 aliphatic heterocycles. The molecule has 1 amide bonds. The second-order valence-corrected chi connectivity index (χ2v) is 4.01. The molecule has 7 nitrogen and oxygen atoms in total. The van der Waals surface area contributed by atoms with Gasteiger partial charge in [0.05, 0.1) is 7.11 Å². The number of hydrogen-bond acceptors (Lipinski definition) is 5. The van der Waals surface area contributed by atoms with Crippen LogP contribution in [-0.2, 0) is 16.1 Å². The van der Waals surface area contributed by atoms with Gasteiger partial charge in [-0.3, -0.25) is 9.63 Å². The number of rotatable bonds is 5. The Labute approximate surface area is 110 Å². The van der Waals surface area contributed by atoms with Crippen LogP contribution in [0.2, 0.25) is 0 Å². The molecule has 0 bridgehead atoms. The van der Waals surface area contributed by atoms with Crippen molar-refractivity contribution in [2.45, 2.75) is 12.5 Å². The molecule has 0 aliphatic carbocycles. The first-order valence-corrected chi connectivity index (χ1v) is 5.80. The van der Waals surface area contributed by atoms with Gasteiger partial charge in [-0.25, -0.2) is 9.75 Å². The number of hydroxylamine groups is 2. The number of tetrazole rings is 1. The van der Waals surface area contributed by atoms with Gasteiger partial charge in [0.1, 0.15) is 12.4 Å². The summed E-state index contributed by atoms with van der Waals surface area (Å²) in [5.74, 6) is -0.210. The first-order chi connectivity index (χ1) is 9.22. The fraction of sp³-hybridized carbons (Fsp3) is 0.333. The maximum Gasteiger partial charge on any atom is 0.271 e. The van der Waals surface area contributed by atoms with Crippen molar-refractivity contribution in [2.24, 2.45) is 0 Å². The van der Waals surface area contributed by atoms with Crippen LogP contribution in [0.15, 0.2) is 36.7 Å². The lowest BCUT2D eigenvalue weighted by Crippen LogP contribution is -2.35. The Bertz CT molecular complexity index is 514. The Kier molecular flexibility index (Phi) is 4.19. The van der Waals surface area contributed by atoms with Gasteiger partial charge < -0.3 is 0 Å². The summed E-state index contributed by atoms with van der Waals surface area (Å²) >= 11 is 0. The molecule has 0 saturated carbocycles. The zero-order valence-corrected chi connectivity index (χ0v) is 10.8. The van der Waals surface area contributed by atoms with E-state index in [4.69, 9.17) is 4.84 Å². The molecule has 1 aromatic carbocycles. The van der Waals surface area contributed by atoms with Crippen molar-refractivity contribution in [3.8, 4) is 0 Å². The third-order valence-corrected chi connectivity index (χ3v) is 2.83. The molecule has 1 unspecified atom stereocenters. The Morgan fingerprint density at radius 3 is 2.74 bits per heavy atom. The van der Waals surface area contributed by atoms with E-state index in [0.717, 1.165) is 5.56 Å². The van der Waals surface area contributed by atoms with E-state index in [2.05, 4.69) is 15.5 Å². The van der Waals surface area contributed by atoms with Gasteiger partial charge in [0, 0.05) is 13.5 Å². The highest BCUT2D eigenvalue weighted by Gasteiger charge is 2.25. The lowest BCUT2D eigenvalue weighted by Gasteiger charge is -2.21. The molecule has 0 radical (unpaired) electrons. The van der Waals surface area contributed by atoms with Crippen molar-refractivity contribution in [3.05, 3.63) is 42.2 Å². The maximum absolute atomic E-state index is 12.3. The topological polar surface area (TPSA) is 73.1 Å². The number of likely N-dealkylation sites (N-methyl/N-ethyl adjacent to an activating group) is 1. The Morgan fingerprint density at radius 1 is 1.42 bits per heavy atom. The van der Waals surface area contributed by atoms with Crippen molar-refractivity contribution in [1.82, 2.24) is 25.3 Å². The molecule has 1 aromatic heterocycles. The van der Waals surface area contributed by atoms with E-state index >= 15 is 0 Å². The largest absolute Gasteiger partial charge is 0.274 e. The number of benzene rings is 1. The quantitative estimate of drug-likeness (QED) is 0.732. The molecule has 1 atom stereocenters. The minimum Gasteiger partial charge on any atom is -0.274 e. The number of nitrogens with zero attached hydrogens (tertiary/aromatic N) is 5. The molecule has 0 spiro atoms. The van der Waals surface area contributed by atoms with Crippen LogP contribution >= 0.6 is 0 Å². The Balaban J connectivity index is 2.23. The minimum atomic E-state index is -0.526. The molecule has 7 heteroatoms. The predicted octanol–water partition coefficient (Wildman–Crippen LogP) is 0.477. The molecule has 0 fully saturated rings. The van der Waals surface area contributed by atoms with Gasteiger partial charge in [-0.2, -0.15) is 0 Å². The van der Waals surface area contributed by atoms with Gasteiger partial charge >= 0.3 is 0 Å². The number of carbonyl (C=O) groups excluding carboxylic acids is 1. The SMILES string of the molecule is CON(C)C(=O)C(Cc1ccccc1)n1cnnn1. The van der Waals surface area contributed by atoms with Crippen molar-refractivity contribution < 1.29 is 9.63 Å². The van der Waals surface area contributed by atoms with E-state index in [1.165, 1.54) is 23.2 Å². The van der Waals surface area contributed by atoms with Crippen LogP contribution in [0.3, 0.4) is 0 Å². The van der Waals surface area contributed by atoms with E-state index in [1.54, 1.807) is 7.05 Å². The first kappa shape index (κ1) is 13.2. The van der Waals surface area contributed by atoms with E-state index < -0.39 is 6.04 Å². The molecule has 19 heavy (non-hydrogen) atoms. The highest BCUT2D eigenvalue weighted by atomic mass is 16.7. The minimum absolute atomic E-state index is 0.210. The lowest BCUT2D eigenvalue weighted by molar-refractivity contribution is -0.172. The van der Waals surface area contributed by atoms with Crippen LogP contribution in [0.25, 0.3) is 0 Å². The summed E-state index contributed by atoms with van der Waals surface area (Å²) in [5.41, 5.74) is 1.03. The van der Waals surface area contributed by atoms with Crippen LogP contribution < -0.4 is 0 Å². The Hall–Kier alpha value is -2.28. The molecular formula is C12H15N5O2. The molecule has 2 rings (SSSR count). The van der Waals surface area contributed by atoms with E-state index in [9.17, 15) is 4.79 Å². The molecule has 2 aromatic rings. The third kappa shape index (κ3) is 3.14. The number of carbonyl (C=O) groups is 1. The fourth-order valence-corrected chi connectivity index (χ4v) is 1.74. The van der Waals surface area contributed by atoms with Gasteiger partial charge in [-0.1, -0.05) is 30.3 Å². The average Bonchev–Trinajstić information content (AvgIpc) is 2.98. The van der Waals surface area contributed by atoms with E-state index in [1.807, 2.05) is 30.3 Å². The monoisotopic (exact) mass is 261 g/mol. The number of aromatic nitrogens is 4. The maximum atomic E-state index is 12.3. The average molecular weight is 261 g/mol. The van der Waals surface area contributed by atoms with Crippen LogP contribution in [0, 0.1) is 0 Å². The van der Waals surface area contributed by atoms with Crippen LogP contribution in [0.4, 0.5) is 0 Å². The van der Waals surface area contributed by atoms with Gasteiger partial charge in [0.2, 0.25) is 0 Å². The highest BCUT2D eigenvalue weighted by molar-refractivity contribution is 5.79. The molecule has 0 saturated heterocycles. The van der Waals surface area contributed by atoms with Crippen molar-refractivity contribution in [2.75, 3.05) is 14.2 Å². The van der Waals surface area contributed by atoms with E-state index in [0.29, 0.717) is 6.42 Å². The van der Waals surface area contributed by atoms with Crippen molar-refractivity contribution >= 4 is 5.91 Å². The van der Waals surface area contributed by atoms with Crippen LogP contribution in [0.5, 0.6) is 0 Å².